The van der Waals surface area contributed by atoms with Gasteiger partial charge in [-0.25, -0.2) is 0 Å². The Morgan fingerprint density at radius 2 is 1.65 bits per heavy atom. The van der Waals surface area contributed by atoms with Gasteiger partial charge in [-0.2, -0.15) is 0 Å². The minimum Gasteiger partial charge on any atom is -0.507 e. The zero-order valence-corrected chi connectivity index (χ0v) is 14.9. The first kappa shape index (κ1) is 19.1. The van der Waals surface area contributed by atoms with Gasteiger partial charge in [0.05, 0.1) is 0 Å². The number of phenolic OH excluding ortho intramolecular Hbond substituents is 2. The maximum Gasteiger partial charge on any atom is 0.123 e. The lowest BCUT2D eigenvalue weighted by Gasteiger charge is -2.08. The lowest BCUT2D eigenvalue weighted by molar-refractivity contribution is 0.440. The van der Waals surface area contributed by atoms with Crippen molar-refractivity contribution in [3.8, 4) is 11.5 Å². The highest BCUT2D eigenvalue weighted by molar-refractivity contribution is 5.58. The second-order valence-electron chi connectivity index (χ2n) is 6.30. The quantitative estimate of drug-likeness (QED) is 0.565. The van der Waals surface area contributed by atoms with E-state index < -0.39 is 0 Å². The number of benzene rings is 1. The highest BCUT2D eigenvalue weighted by atomic mass is 16.3. The number of allylic oxidation sites excluding steroid dienone is 5. The number of phenols is 2. The van der Waals surface area contributed by atoms with Crippen molar-refractivity contribution < 1.29 is 10.2 Å². The van der Waals surface area contributed by atoms with E-state index in [1.165, 1.54) is 11.1 Å². The van der Waals surface area contributed by atoms with Crippen LogP contribution in [0.5, 0.6) is 11.5 Å². The lowest BCUT2D eigenvalue weighted by atomic mass is 10.0. The van der Waals surface area contributed by atoms with Gasteiger partial charge in [-0.15, -0.1) is 0 Å². The Morgan fingerprint density at radius 3 is 2.22 bits per heavy atom. The highest BCUT2D eigenvalue weighted by Gasteiger charge is 2.07. The molecule has 23 heavy (non-hydrogen) atoms. The van der Waals surface area contributed by atoms with Crippen LogP contribution < -0.4 is 0 Å². The highest BCUT2D eigenvalue weighted by Crippen LogP contribution is 2.30. The third-order valence-corrected chi connectivity index (χ3v) is 3.74. The zero-order chi connectivity index (χ0) is 17.2. The van der Waals surface area contributed by atoms with Crippen molar-refractivity contribution >= 4 is 6.08 Å². The molecule has 0 saturated carbocycles. The van der Waals surface area contributed by atoms with Gasteiger partial charge in [0, 0.05) is 5.56 Å². The monoisotopic (exact) mass is 314 g/mol. The standard InChI is InChI=1S/C21H30O2/c1-5-6-7-11-18-14-20(22)19(21(23)15-18)13-12-17(4)10-8-9-16(2)3/h7,9,11-12,14-15,22-23H,5-6,8,10,13H2,1-4H3/b11-7+,17-12+. The summed E-state index contributed by atoms with van der Waals surface area (Å²) < 4.78 is 0. The molecule has 2 nitrogen and oxygen atoms in total. The molecule has 1 rings (SSSR count). The molecule has 0 aliphatic carbocycles. The van der Waals surface area contributed by atoms with E-state index in [0.717, 1.165) is 31.2 Å². The first-order chi connectivity index (χ1) is 10.9. The Hall–Kier alpha value is -1.96. The van der Waals surface area contributed by atoms with Crippen molar-refractivity contribution in [3.05, 3.63) is 52.6 Å². The molecule has 126 valence electrons. The second-order valence-corrected chi connectivity index (χ2v) is 6.30. The molecule has 0 radical (unpaired) electrons. The summed E-state index contributed by atoms with van der Waals surface area (Å²) in [6.45, 7) is 8.42. The average Bonchev–Trinajstić information content (AvgIpc) is 2.46. The summed E-state index contributed by atoms with van der Waals surface area (Å²) in [5.74, 6) is 0.323. The average molecular weight is 314 g/mol. The minimum atomic E-state index is 0.162. The molecule has 0 heterocycles. The molecule has 0 spiro atoms. The molecule has 2 heteroatoms. The SMILES string of the molecule is CCC/C=C/c1cc(O)c(C/C=C(\C)CCC=C(C)C)c(O)c1. The number of unbranched alkanes of at least 4 members (excludes halogenated alkanes) is 1. The van der Waals surface area contributed by atoms with Gasteiger partial charge in [-0.05, 0) is 64.2 Å². The molecule has 0 bridgehead atoms. The van der Waals surface area contributed by atoms with Crippen molar-refractivity contribution in [2.24, 2.45) is 0 Å². The van der Waals surface area contributed by atoms with Crippen LogP contribution in [0.1, 0.15) is 64.5 Å². The molecule has 0 saturated heterocycles. The van der Waals surface area contributed by atoms with Crippen LogP contribution in [0.4, 0.5) is 0 Å². The topological polar surface area (TPSA) is 40.5 Å². The van der Waals surface area contributed by atoms with Gasteiger partial charge in [-0.3, -0.25) is 0 Å². The Bertz CT molecular complexity index is 565. The number of hydrogen-bond donors (Lipinski definition) is 2. The maximum absolute atomic E-state index is 10.2. The fourth-order valence-corrected chi connectivity index (χ4v) is 2.32. The molecule has 0 amide bonds. The third-order valence-electron chi connectivity index (χ3n) is 3.74. The molecule has 0 fully saturated rings. The molecule has 1 aromatic rings. The summed E-state index contributed by atoms with van der Waals surface area (Å²) in [6.07, 6.45) is 13.0. The molecule has 0 unspecified atom stereocenters. The third kappa shape index (κ3) is 7.23. The first-order valence-corrected chi connectivity index (χ1v) is 8.44. The molecule has 0 aliphatic heterocycles. The van der Waals surface area contributed by atoms with Crippen LogP contribution in [-0.2, 0) is 6.42 Å². The number of aromatic hydroxyl groups is 2. The molecular formula is C21H30O2. The van der Waals surface area contributed by atoms with E-state index in [1.54, 1.807) is 12.1 Å². The maximum atomic E-state index is 10.2. The van der Waals surface area contributed by atoms with Crippen LogP contribution in [0.25, 0.3) is 6.08 Å². The smallest absolute Gasteiger partial charge is 0.123 e. The van der Waals surface area contributed by atoms with E-state index >= 15 is 0 Å². The molecule has 1 aromatic carbocycles. The van der Waals surface area contributed by atoms with Gasteiger partial charge in [0.1, 0.15) is 11.5 Å². The van der Waals surface area contributed by atoms with E-state index in [4.69, 9.17) is 0 Å². The van der Waals surface area contributed by atoms with Gasteiger partial charge in [-0.1, -0.05) is 48.8 Å². The Morgan fingerprint density at radius 1 is 1.00 bits per heavy atom. The van der Waals surface area contributed by atoms with Crippen molar-refractivity contribution in [1.29, 1.82) is 0 Å². The van der Waals surface area contributed by atoms with Crippen LogP contribution in [-0.4, -0.2) is 10.2 Å². The van der Waals surface area contributed by atoms with Crippen molar-refractivity contribution in [3.63, 3.8) is 0 Å². The van der Waals surface area contributed by atoms with Crippen LogP contribution in [0.2, 0.25) is 0 Å². The van der Waals surface area contributed by atoms with E-state index in [-0.39, 0.29) is 11.5 Å². The van der Waals surface area contributed by atoms with Crippen LogP contribution in [0, 0.1) is 0 Å². The van der Waals surface area contributed by atoms with E-state index in [0.29, 0.717) is 12.0 Å². The summed E-state index contributed by atoms with van der Waals surface area (Å²) in [6, 6.07) is 3.43. The van der Waals surface area contributed by atoms with Gasteiger partial charge < -0.3 is 10.2 Å². The van der Waals surface area contributed by atoms with E-state index in [2.05, 4.69) is 45.9 Å². The van der Waals surface area contributed by atoms with Gasteiger partial charge >= 0.3 is 0 Å². The number of rotatable bonds is 8. The zero-order valence-electron chi connectivity index (χ0n) is 14.9. The fourth-order valence-electron chi connectivity index (χ4n) is 2.32. The van der Waals surface area contributed by atoms with Crippen LogP contribution in [0.3, 0.4) is 0 Å². The minimum absolute atomic E-state index is 0.162. The van der Waals surface area contributed by atoms with Gasteiger partial charge in [0.2, 0.25) is 0 Å². The van der Waals surface area contributed by atoms with Crippen molar-refractivity contribution in [2.75, 3.05) is 0 Å². The van der Waals surface area contributed by atoms with Crippen molar-refractivity contribution in [1.82, 2.24) is 0 Å². The molecular weight excluding hydrogens is 284 g/mol. The molecule has 0 aromatic heterocycles. The lowest BCUT2D eigenvalue weighted by Crippen LogP contribution is -1.88. The molecule has 2 N–H and O–H groups in total. The summed E-state index contributed by atoms with van der Waals surface area (Å²) in [4.78, 5) is 0. The van der Waals surface area contributed by atoms with E-state index in [1.807, 2.05) is 6.08 Å². The number of hydrogen-bond acceptors (Lipinski definition) is 2. The summed E-state index contributed by atoms with van der Waals surface area (Å²) >= 11 is 0. The van der Waals surface area contributed by atoms with Crippen LogP contribution in [0.15, 0.2) is 41.5 Å². The first-order valence-electron chi connectivity index (χ1n) is 8.44. The Kier molecular flexibility index (Phi) is 8.25. The van der Waals surface area contributed by atoms with Gasteiger partial charge in [0.25, 0.3) is 0 Å². The molecule has 0 aliphatic rings. The summed E-state index contributed by atoms with van der Waals surface area (Å²) in [7, 11) is 0. The predicted octanol–water partition coefficient (Wildman–Crippen LogP) is 6.15. The van der Waals surface area contributed by atoms with Gasteiger partial charge in [0.15, 0.2) is 0 Å². The Labute approximate surface area is 140 Å². The Balaban J connectivity index is 2.75. The second kappa shape index (κ2) is 9.94. The predicted molar refractivity (Wildman–Crippen MR) is 99.8 cm³/mol. The summed E-state index contributed by atoms with van der Waals surface area (Å²) in [5.41, 5.74) is 4.04. The fraction of sp³-hybridized carbons (Fsp3) is 0.429. The summed E-state index contributed by atoms with van der Waals surface area (Å²) in [5, 5.41) is 20.3. The van der Waals surface area contributed by atoms with E-state index in [9.17, 15) is 10.2 Å². The largest absolute Gasteiger partial charge is 0.507 e. The van der Waals surface area contributed by atoms with Crippen molar-refractivity contribution in [2.45, 2.75) is 59.8 Å². The normalized spacial score (nSPS) is 11.9. The molecule has 0 atom stereocenters. The van der Waals surface area contributed by atoms with Crippen LogP contribution >= 0.6 is 0 Å².